The number of thiophene rings is 1. The molecule has 0 radical (unpaired) electrons. The number of rotatable bonds is 8. The maximum atomic E-state index is 12.7. The molecule has 3 rings (SSSR count). The van der Waals surface area contributed by atoms with E-state index in [0.29, 0.717) is 41.7 Å². The fourth-order valence-electron chi connectivity index (χ4n) is 3.21. The fraction of sp³-hybridized carbons (Fsp3) is 0.429. The van der Waals surface area contributed by atoms with E-state index in [-0.39, 0.29) is 5.91 Å². The number of ether oxygens (including phenoxy) is 3. The van der Waals surface area contributed by atoms with Crippen molar-refractivity contribution in [1.82, 2.24) is 0 Å². The normalized spacial score (nSPS) is 12.9. The summed E-state index contributed by atoms with van der Waals surface area (Å²) in [4.78, 5) is 26.1. The van der Waals surface area contributed by atoms with Gasteiger partial charge in [0.15, 0.2) is 0 Å². The van der Waals surface area contributed by atoms with Crippen LogP contribution in [0, 0.1) is 0 Å². The van der Waals surface area contributed by atoms with Crippen LogP contribution in [-0.2, 0) is 22.3 Å². The van der Waals surface area contributed by atoms with Gasteiger partial charge in [0.25, 0.3) is 5.91 Å². The summed E-state index contributed by atoms with van der Waals surface area (Å²) >= 11 is 1.48. The van der Waals surface area contributed by atoms with Crippen molar-refractivity contribution in [1.29, 1.82) is 0 Å². The first kappa shape index (κ1) is 20.4. The first-order chi connectivity index (χ1) is 13.6. The summed E-state index contributed by atoms with van der Waals surface area (Å²) in [5, 5.41) is 3.47. The topological polar surface area (TPSA) is 73.9 Å². The van der Waals surface area contributed by atoms with E-state index in [1.54, 1.807) is 24.3 Å². The van der Waals surface area contributed by atoms with Crippen LogP contribution in [0.2, 0.25) is 0 Å². The number of carbonyl (C=O) groups excluding carboxylic acids is 2. The van der Waals surface area contributed by atoms with Crippen LogP contribution in [0.4, 0.5) is 5.00 Å². The number of esters is 1. The first-order valence-electron chi connectivity index (χ1n) is 9.48. The van der Waals surface area contributed by atoms with Gasteiger partial charge >= 0.3 is 5.97 Å². The second-order valence-corrected chi connectivity index (χ2v) is 7.54. The van der Waals surface area contributed by atoms with E-state index in [2.05, 4.69) is 5.32 Å². The van der Waals surface area contributed by atoms with Gasteiger partial charge in [0.1, 0.15) is 17.4 Å². The second-order valence-electron chi connectivity index (χ2n) is 6.43. The SMILES string of the molecule is CCOCCOc1ccc(C(=O)Nc2sc3c(c2C(=O)OC)CCCC3)cc1. The molecule has 0 fully saturated rings. The summed E-state index contributed by atoms with van der Waals surface area (Å²) in [5.41, 5.74) is 2.03. The number of benzene rings is 1. The van der Waals surface area contributed by atoms with E-state index in [4.69, 9.17) is 14.2 Å². The van der Waals surface area contributed by atoms with Gasteiger partial charge in [-0.3, -0.25) is 4.79 Å². The molecule has 1 amide bonds. The standard InChI is InChI=1S/C21H25NO5S/c1-3-26-12-13-27-15-10-8-14(9-11-15)19(23)22-20-18(21(24)25-2)16-6-4-5-7-17(16)28-20/h8-11H,3-7,12-13H2,1-2H3,(H,22,23). The summed E-state index contributed by atoms with van der Waals surface area (Å²) in [6, 6.07) is 6.91. The number of methoxy groups -OCH3 is 1. The van der Waals surface area contributed by atoms with Gasteiger partial charge in [-0.15, -0.1) is 11.3 Å². The fourth-order valence-corrected chi connectivity index (χ4v) is 4.48. The van der Waals surface area contributed by atoms with Crippen molar-refractivity contribution < 1.29 is 23.8 Å². The predicted molar refractivity (Wildman–Crippen MR) is 109 cm³/mol. The molecule has 1 aliphatic carbocycles. The van der Waals surface area contributed by atoms with Gasteiger partial charge in [0.2, 0.25) is 0 Å². The minimum atomic E-state index is -0.396. The highest BCUT2D eigenvalue weighted by Gasteiger charge is 2.27. The molecule has 0 spiro atoms. The zero-order valence-electron chi connectivity index (χ0n) is 16.2. The molecule has 0 saturated carbocycles. The number of fused-ring (bicyclic) bond motifs is 1. The zero-order chi connectivity index (χ0) is 19.9. The summed E-state index contributed by atoms with van der Waals surface area (Å²) in [6.07, 6.45) is 3.94. The Bertz CT molecular complexity index is 828. The van der Waals surface area contributed by atoms with Crippen molar-refractivity contribution >= 4 is 28.2 Å². The van der Waals surface area contributed by atoms with Crippen LogP contribution in [0.15, 0.2) is 24.3 Å². The molecule has 1 aromatic heterocycles. The Morgan fingerprint density at radius 2 is 1.86 bits per heavy atom. The third-order valence-electron chi connectivity index (χ3n) is 4.60. The van der Waals surface area contributed by atoms with Crippen LogP contribution < -0.4 is 10.1 Å². The van der Waals surface area contributed by atoms with Crippen molar-refractivity contribution in [3.05, 3.63) is 45.8 Å². The Balaban J connectivity index is 1.71. The lowest BCUT2D eigenvalue weighted by atomic mass is 9.95. The minimum Gasteiger partial charge on any atom is -0.491 e. The van der Waals surface area contributed by atoms with Gasteiger partial charge in [-0.2, -0.15) is 0 Å². The maximum absolute atomic E-state index is 12.7. The molecule has 28 heavy (non-hydrogen) atoms. The molecular weight excluding hydrogens is 378 g/mol. The lowest BCUT2D eigenvalue weighted by molar-refractivity contribution is 0.0601. The van der Waals surface area contributed by atoms with Gasteiger partial charge in [-0.25, -0.2) is 4.79 Å². The number of anilines is 1. The Morgan fingerprint density at radius 1 is 1.11 bits per heavy atom. The van der Waals surface area contributed by atoms with Crippen molar-refractivity contribution in [3.8, 4) is 5.75 Å². The van der Waals surface area contributed by atoms with Crippen molar-refractivity contribution in [3.63, 3.8) is 0 Å². The first-order valence-corrected chi connectivity index (χ1v) is 10.3. The van der Waals surface area contributed by atoms with Gasteiger partial charge in [-0.05, 0) is 62.4 Å². The highest BCUT2D eigenvalue weighted by atomic mass is 32.1. The molecule has 1 aromatic carbocycles. The van der Waals surface area contributed by atoms with Crippen LogP contribution in [0.3, 0.4) is 0 Å². The number of carbonyl (C=O) groups is 2. The molecule has 6 nitrogen and oxygen atoms in total. The summed E-state index contributed by atoms with van der Waals surface area (Å²) in [5.74, 6) is 0.0236. The van der Waals surface area contributed by atoms with Crippen molar-refractivity contribution in [2.75, 3.05) is 32.2 Å². The van der Waals surface area contributed by atoms with Gasteiger partial charge < -0.3 is 19.5 Å². The van der Waals surface area contributed by atoms with E-state index >= 15 is 0 Å². The minimum absolute atomic E-state index is 0.260. The van der Waals surface area contributed by atoms with Gasteiger partial charge in [-0.1, -0.05) is 0 Å². The molecule has 0 aliphatic heterocycles. The summed E-state index contributed by atoms with van der Waals surface area (Å²) in [6.45, 7) is 3.58. The van der Waals surface area contributed by atoms with Crippen molar-refractivity contribution in [2.45, 2.75) is 32.6 Å². The number of hydrogen-bond acceptors (Lipinski definition) is 6. The monoisotopic (exact) mass is 403 g/mol. The number of amides is 1. The quantitative estimate of drug-likeness (QED) is 0.531. The van der Waals surface area contributed by atoms with Crippen LogP contribution in [0.25, 0.3) is 0 Å². The number of hydrogen-bond donors (Lipinski definition) is 1. The molecule has 0 unspecified atom stereocenters. The van der Waals surface area contributed by atoms with Crippen molar-refractivity contribution in [2.24, 2.45) is 0 Å². The molecule has 0 bridgehead atoms. The Kier molecular flexibility index (Phi) is 7.06. The molecule has 0 atom stereocenters. The zero-order valence-corrected chi connectivity index (χ0v) is 17.0. The molecule has 150 valence electrons. The lowest BCUT2D eigenvalue weighted by Crippen LogP contribution is -2.15. The predicted octanol–water partition coefficient (Wildman–Crippen LogP) is 4.08. The Labute approximate surface area is 168 Å². The van der Waals surface area contributed by atoms with E-state index in [1.165, 1.54) is 23.3 Å². The molecule has 7 heteroatoms. The smallest absolute Gasteiger partial charge is 0.341 e. The maximum Gasteiger partial charge on any atom is 0.341 e. The molecule has 1 aliphatic rings. The van der Waals surface area contributed by atoms with Crippen LogP contribution >= 0.6 is 11.3 Å². The second kappa shape index (κ2) is 9.71. The Morgan fingerprint density at radius 3 is 2.57 bits per heavy atom. The molecular formula is C21H25NO5S. The van der Waals surface area contributed by atoms with Crippen LogP contribution in [0.5, 0.6) is 5.75 Å². The number of aryl methyl sites for hydroxylation is 1. The molecule has 1 heterocycles. The van der Waals surface area contributed by atoms with Gasteiger partial charge in [0.05, 0.1) is 19.3 Å². The largest absolute Gasteiger partial charge is 0.491 e. The average molecular weight is 404 g/mol. The highest BCUT2D eigenvalue weighted by Crippen LogP contribution is 2.38. The van der Waals surface area contributed by atoms with Crippen LogP contribution in [-0.4, -0.2) is 38.8 Å². The third kappa shape index (κ3) is 4.72. The average Bonchev–Trinajstić information content (AvgIpc) is 3.09. The molecule has 0 saturated heterocycles. The molecule has 2 aromatic rings. The van der Waals surface area contributed by atoms with E-state index in [1.807, 2.05) is 6.92 Å². The number of nitrogens with one attached hydrogen (secondary N) is 1. The molecule has 1 N–H and O–H groups in total. The lowest BCUT2D eigenvalue weighted by Gasteiger charge is -2.12. The Hall–Kier alpha value is -2.38. The highest BCUT2D eigenvalue weighted by molar-refractivity contribution is 7.17. The third-order valence-corrected chi connectivity index (χ3v) is 5.81. The van der Waals surface area contributed by atoms with Gasteiger partial charge in [0, 0.05) is 17.0 Å². The van der Waals surface area contributed by atoms with E-state index in [0.717, 1.165) is 31.2 Å². The summed E-state index contributed by atoms with van der Waals surface area (Å²) in [7, 11) is 1.37. The van der Waals surface area contributed by atoms with Crippen LogP contribution in [0.1, 0.15) is 50.9 Å². The summed E-state index contributed by atoms with van der Waals surface area (Å²) < 4.78 is 15.7. The van der Waals surface area contributed by atoms with E-state index in [9.17, 15) is 9.59 Å². The van der Waals surface area contributed by atoms with E-state index < -0.39 is 5.97 Å².